The topological polar surface area (TPSA) is 58.9 Å². The zero-order valence-electron chi connectivity index (χ0n) is 10.2. The molecule has 0 spiro atoms. The van der Waals surface area contributed by atoms with Gasteiger partial charge in [0, 0.05) is 5.56 Å². The lowest BCUT2D eigenvalue weighted by molar-refractivity contribution is 0.424. The molecule has 88 valence electrons. The van der Waals surface area contributed by atoms with E-state index in [9.17, 15) is 4.79 Å². The average Bonchev–Trinajstić information content (AvgIpc) is 2.82. The van der Waals surface area contributed by atoms with Crippen LogP contribution < -0.4 is 5.69 Å². The zero-order chi connectivity index (χ0) is 12.4. The number of hydrogen-bond acceptors (Lipinski definition) is 3. The van der Waals surface area contributed by atoms with Crippen molar-refractivity contribution in [1.82, 2.24) is 10.1 Å². The molecule has 0 bridgehead atoms. The van der Waals surface area contributed by atoms with Gasteiger partial charge in [-0.05, 0) is 12.1 Å². The molecule has 1 heterocycles. The first-order chi connectivity index (χ1) is 7.86. The van der Waals surface area contributed by atoms with Gasteiger partial charge < -0.3 is 4.52 Å². The van der Waals surface area contributed by atoms with Gasteiger partial charge in [-0.15, -0.1) is 0 Å². The second-order valence-corrected chi connectivity index (χ2v) is 2.29. The van der Waals surface area contributed by atoms with E-state index in [4.69, 9.17) is 4.52 Å². The Hall–Kier alpha value is -1.84. The maximum Gasteiger partial charge on any atom is 0.377 e. The molecule has 0 radical (unpaired) electrons. The second kappa shape index (κ2) is 8.47. The molecule has 1 N–H and O–H groups in total. The number of aromatic amines is 1. The van der Waals surface area contributed by atoms with E-state index in [1.54, 1.807) is 0 Å². The minimum absolute atomic E-state index is 0.320. The quantitative estimate of drug-likeness (QED) is 0.806. The van der Waals surface area contributed by atoms with Crippen LogP contribution in [0.4, 0.5) is 0 Å². The number of aromatic nitrogens is 2. The van der Waals surface area contributed by atoms with Crippen LogP contribution in [0.1, 0.15) is 27.7 Å². The molecule has 4 nitrogen and oxygen atoms in total. The van der Waals surface area contributed by atoms with Crippen molar-refractivity contribution in [1.29, 1.82) is 0 Å². The summed E-state index contributed by atoms with van der Waals surface area (Å²) in [5.74, 6) is 0.320. The molecule has 0 aliphatic heterocycles. The van der Waals surface area contributed by atoms with Gasteiger partial charge in [0.25, 0.3) is 5.89 Å². The number of benzene rings is 1. The van der Waals surface area contributed by atoms with Crippen LogP contribution in [-0.4, -0.2) is 10.1 Å². The Morgan fingerprint density at radius 3 is 2.06 bits per heavy atom. The molecule has 16 heavy (non-hydrogen) atoms. The van der Waals surface area contributed by atoms with E-state index in [0.29, 0.717) is 5.89 Å². The standard InChI is InChI=1S/C8H6N2O2.2C2H6/c11-8-9-7(12-10-8)6-4-2-1-3-5-6;2*1-2/h1-5H,(H,10,11);2*1-2H3. The summed E-state index contributed by atoms with van der Waals surface area (Å²) >= 11 is 0. The summed E-state index contributed by atoms with van der Waals surface area (Å²) in [4.78, 5) is 14.2. The van der Waals surface area contributed by atoms with E-state index >= 15 is 0 Å². The molecule has 1 aromatic heterocycles. The smallest absolute Gasteiger partial charge is 0.357 e. The van der Waals surface area contributed by atoms with Crippen molar-refractivity contribution < 1.29 is 4.52 Å². The van der Waals surface area contributed by atoms with Crippen molar-refractivity contribution in [2.45, 2.75) is 27.7 Å². The van der Waals surface area contributed by atoms with Crippen LogP contribution in [0.3, 0.4) is 0 Å². The fourth-order valence-corrected chi connectivity index (χ4v) is 0.934. The van der Waals surface area contributed by atoms with E-state index in [1.807, 2.05) is 58.0 Å². The number of hydrogen-bond donors (Lipinski definition) is 1. The lowest BCUT2D eigenvalue weighted by Crippen LogP contribution is -1.99. The van der Waals surface area contributed by atoms with Gasteiger partial charge in [-0.3, -0.25) is 0 Å². The first-order valence-electron chi connectivity index (χ1n) is 5.47. The number of rotatable bonds is 1. The predicted octanol–water partition coefficient (Wildman–Crippen LogP) is 3.08. The van der Waals surface area contributed by atoms with Crippen molar-refractivity contribution in [3.63, 3.8) is 0 Å². The van der Waals surface area contributed by atoms with Gasteiger partial charge >= 0.3 is 5.69 Å². The molecule has 0 saturated heterocycles. The van der Waals surface area contributed by atoms with E-state index < -0.39 is 5.69 Å². The monoisotopic (exact) mass is 222 g/mol. The maximum absolute atomic E-state index is 10.6. The van der Waals surface area contributed by atoms with E-state index in [2.05, 4.69) is 10.1 Å². The summed E-state index contributed by atoms with van der Waals surface area (Å²) in [6.07, 6.45) is 0. The highest BCUT2D eigenvalue weighted by molar-refractivity contribution is 5.51. The van der Waals surface area contributed by atoms with Crippen molar-refractivity contribution in [3.8, 4) is 11.5 Å². The predicted molar refractivity (Wildman–Crippen MR) is 65.3 cm³/mol. The molecule has 0 aliphatic carbocycles. The van der Waals surface area contributed by atoms with Crippen molar-refractivity contribution in [3.05, 3.63) is 40.8 Å². The first-order valence-corrected chi connectivity index (χ1v) is 5.47. The SMILES string of the molecule is CC.CC.O=c1nc(-c2ccccc2)o[nH]1. The van der Waals surface area contributed by atoms with Gasteiger partial charge in [0.05, 0.1) is 0 Å². The molecule has 0 fully saturated rings. The third kappa shape index (κ3) is 4.13. The molecule has 2 rings (SSSR count). The number of H-pyrrole nitrogens is 1. The molecule has 0 amide bonds. The summed E-state index contributed by atoms with van der Waals surface area (Å²) in [6.45, 7) is 8.00. The van der Waals surface area contributed by atoms with Crippen LogP contribution in [0.2, 0.25) is 0 Å². The van der Waals surface area contributed by atoms with E-state index in [1.165, 1.54) is 0 Å². The number of nitrogens with one attached hydrogen (secondary N) is 1. The van der Waals surface area contributed by atoms with Gasteiger partial charge in [0.1, 0.15) is 0 Å². The summed E-state index contributed by atoms with van der Waals surface area (Å²) in [5.41, 5.74) is 0.324. The Morgan fingerprint density at radius 2 is 1.62 bits per heavy atom. The van der Waals surface area contributed by atoms with Crippen LogP contribution in [-0.2, 0) is 0 Å². The Kier molecular flexibility index (Phi) is 7.49. The highest BCUT2D eigenvalue weighted by Crippen LogP contribution is 2.12. The van der Waals surface area contributed by atoms with Gasteiger partial charge in [0.15, 0.2) is 0 Å². The highest BCUT2D eigenvalue weighted by atomic mass is 16.5. The van der Waals surface area contributed by atoms with Crippen LogP contribution in [0.15, 0.2) is 39.6 Å². The molecule has 0 saturated carbocycles. The zero-order valence-corrected chi connectivity index (χ0v) is 10.2. The minimum Gasteiger partial charge on any atom is -0.357 e. The average molecular weight is 222 g/mol. The van der Waals surface area contributed by atoms with Crippen LogP contribution in [0.25, 0.3) is 11.5 Å². The molecule has 0 atom stereocenters. The first kappa shape index (κ1) is 14.2. The van der Waals surface area contributed by atoms with Crippen molar-refractivity contribution >= 4 is 0 Å². The van der Waals surface area contributed by atoms with E-state index in [0.717, 1.165) is 5.56 Å². The fourth-order valence-electron chi connectivity index (χ4n) is 0.934. The summed E-state index contributed by atoms with van der Waals surface area (Å²) in [5, 5.41) is 2.13. The molecule has 2 aromatic rings. The summed E-state index contributed by atoms with van der Waals surface area (Å²) in [6, 6.07) is 9.22. The summed E-state index contributed by atoms with van der Waals surface area (Å²) in [7, 11) is 0. The Morgan fingerprint density at radius 1 is 1.06 bits per heavy atom. The molecule has 0 aliphatic rings. The van der Waals surface area contributed by atoms with E-state index in [-0.39, 0.29) is 0 Å². The van der Waals surface area contributed by atoms with Gasteiger partial charge in [-0.1, -0.05) is 45.9 Å². The molecule has 1 aromatic carbocycles. The minimum atomic E-state index is -0.464. The lowest BCUT2D eigenvalue weighted by Gasteiger charge is -1.89. The van der Waals surface area contributed by atoms with Crippen LogP contribution >= 0.6 is 0 Å². The van der Waals surface area contributed by atoms with Gasteiger partial charge in [-0.2, -0.15) is 10.1 Å². The van der Waals surface area contributed by atoms with Crippen LogP contribution in [0, 0.1) is 0 Å². The lowest BCUT2D eigenvalue weighted by atomic mass is 10.2. The molecule has 0 unspecified atom stereocenters. The largest absolute Gasteiger partial charge is 0.377 e. The molecular weight excluding hydrogens is 204 g/mol. The molecule has 4 heteroatoms. The normalized spacial score (nSPS) is 8.25. The third-order valence-electron chi connectivity index (χ3n) is 1.46. The van der Waals surface area contributed by atoms with Crippen molar-refractivity contribution in [2.75, 3.05) is 0 Å². The van der Waals surface area contributed by atoms with Crippen LogP contribution in [0.5, 0.6) is 0 Å². The van der Waals surface area contributed by atoms with Gasteiger partial charge in [0.2, 0.25) is 0 Å². The maximum atomic E-state index is 10.6. The highest BCUT2D eigenvalue weighted by Gasteiger charge is 2.02. The van der Waals surface area contributed by atoms with Gasteiger partial charge in [-0.25, -0.2) is 4.79 Å². The second-order valence-electron chi connectivity index (χ2n) is 2.29. The third-order valence-corrected chi connectivity index (χ3v) is 1.46. The fraction of sp³-hybridized carbons (Fsp3) is 0.333. The summed E-state index contributed by atoms with van der Waals surface area (Å²) < 4.78 is 4.80. The Bertz CT molecular complexity index is 418. The Labute approximate surface area is 95.3 Å². The van der Waals surface area contributed by atoms with Crippen molar-refractivity contribution in [2.24, 2.45) is 0 Å². The number of nitrogens with zero attached hydrogens (tertiary/aromatic N) is 1. The Balaban J connectivity index is 0.000000509. The molecular formula is C12H18N2O2.